The van der Waals surface area contributed by atoms with E-state index in [4.69, 9.17) is 9.47 Å². The van der Waals surface area contributed by atoms with Crippen LogP contribution in [0, 0.1) is 23.2 Å². The van der Waals surface area contributed by atoms with E-state index in [0.29, 0.717) is 30.0 Å². The monoisotopic (exact) mass is 428 g/mol. The third-order valence-electron chi connectivity index (χ3n) is 7.02. The Hall–Kier alpha value is -2.57. The van der Waals surface area contributed by atoms with Crippen molar-refractivity contribution >= 4 is 23.5 Å². The van der Waals surface area contributed by atoms with E-state index in [2.05, 4.69) is 10.6 Å². The molecule has 0 saturated heterocycles. The first-order valence-electron chi connectivity index (χ1n) is 11.4. The number of ether oxygens (including phenoxy) is 2. The second-order valence-corrected chi connectivity index (χ2v) is 9.51. The Kier molecular flexibility index (Phi) is 6.21. The molecule has 0 aromatic heterocycles. The van der Waals surface area contributed by atoms with Gasteiger partial charge >= 0.3 is 5.97 Å². The number of nitrogens with one attached hydrogen (secondary N) is 2. The zero-order valence-electron chi connectivity index (χ0n) is 18.3. The third-order valence-corrected chi connectivity index (χ3v) is 7.02. The quantitative estimate of drug-likeness (QED) is 0.620. The Labute approximate surface area is 183 Å². The van der Waals surface area contributed by atoms with E-state index in [0.717, 1.165) is 25.0 Å². The minimum Gasteiger partial charge on any atom is -0.494 e. The molecule has 4 aliphatic carbocycles. The first-order chi connectivity index (χ1) is 14.9. The van der Waals surface area contributed by atoms with Crippen LogP contribution in [-0.2, 0) is 19.1 Å². The second-order valence-electron chi connectivity index (χ2n) is 9.51. The highest BCUT2D eigenvalue weighted by Crippen LogP contribution is 2.60. The van der Waals surface area contributed by atoms with Gasteiger partial charge in [0.1, 0.15) is 11.8 Å². The van der Waals surface area contributed by atoms with Crippen LogP contribution in [0.4, 0.5) is 5.69 Å². The summed E-state index contributed by atoms with van der Waals surface area (Å²) in [5.74, 6) is 1.64. The molecular formula is C24H32N2O5. The molecule has 31 heavy (non-hydrogen) atoms. The fourth-order valence-corrected chi connectivity index (χ4v) is 6.06. The predicted molar refractivity (Wildman–Crippen MR) is 115 cm³/mol. The van der Waals surface area contributed by atoms with Crippen LogP contribution in [0.25, 0.3) is 0 Å². The van der Waals surface area contributed by atoms with E-state index in [1.807, 2.05) is 6.92 Å². The maximum absolute atomic E-state index is 13.1. The van der Waals surface area contributed by atoms with E-state index < -0.39 is 24.5 Å². The van der Waals surface area contributed by atoms with Crippen molar-refractivity contribution in [3.8, 4) is 5.75 Å². The molecule has 4 aliphatic rings. The molecular weight excluding hydrogens is 396 g/mol. The van der Waals surface area contributed by atoms with Crippen LogP contribution >= 0.6 is 0 Å². The number of rotatable bonds is 8. The topological polar surface area (TPSA) is 93.7 Å². The lowest BCUT2D eigenvalue weighted by Crippen LogP contribution is -2.56. The molecule has 0 aliphatic heterocycles. The largest absolute Gasteiger partial charge is 0.494 e. The number of esters is 1. The van der Waals surface area contributed by atoms with Crippen LogP contribution in [0.5, 0.6) is 5.75 Å². The smallest absolute Gasteiger partial charge is 0.328 e. The first-order valence-corrected chi connectivity index (χ1v) is 11.4. The summed E-state index contributed by atoms with van der Waals surface area (Å²) >= 11 is 0. The van der Waals surface area contributed by atoms with Gasteiger partial charge in [-0.15, -0.1) is 0 Å². The summed E-state index contributed by atoms with van der Waals surface area (Å²) < 4.78 is 10.5. The molecule has 0 radical (unpaired) electrons. The van der Waals surface area contributed by atoms with Crippen LogP contribution in [0.15, 0.2) is 24.3 Å². The highest BCUT2D eigenvalue weighted by atomic mass is 16.5. The molecule has 4 fully saturated rings. The van der Waals surface area contributed by atoms with Crippen molar-refractivity contribution in [2.24, 2.45) is 23.2 Å². The van der Waals surface area contributed by atoms with Gasteiger partial charge in [0.05, 0.1) is 6.61 Å². The molecule has 2 amide bonds. The summed E-state index contributed by atoms with van der Waals surface area (Å²) in [4.78, 5) is 37.5. The zero-order chi connectivity index (χ0) is 22.0. The average molecular weight is 429 g/mol. The molecule has 1 aromatic rings. The Bertz CT molecular complexity index is 800. The fourth-order valence-electron chi connectivity index (χ4n) is 6.06. The van der Waals surface area contributed by atoms with Gasteiger partial charge in [0, 0.05) is 11.1 Å². The second kappa shape index (κ2) is 8.89. The van der Waals surface area contributed by atoms with Gasteiger partial charge in [-0.2, -0.15) is 0 Å². The van der Waals surface area contributed by atoms with Crippen LogP contribution in [0.3, 0.4) is 0 Å². The summed E-state index contributed by atoms with van der Waals surface area (Å²) in [5, 5.41) is 5.55. The number of benzene rings is 1. The molecule has 4 bridgehead atoms. The molecule has 7 nitrogen and oxygen atoms in total. The molecule has 5 rings (SSSR count). The van der Waals surface area contributed by atoms with Gasteiger partial charge in [-0.25, -0.2) is 4.79 Å². The van der Waals surface area contributed by atoms with Gasteiger partial charge < -0.3 is 20.1 Å². The van der Waals surface area contributed by atoms with Gasteiger partial charge in [0.15, 0.2) is 6.61 Å². The van der Waals surface area contributed by atoms with Gasteiger partial charge in [-0.1, -0.05) is 0 Å². The van der Waals surface area contributed by atoms with Gasteiger partial charge in [-0.3, -0.25) is 9.59 Å². The summed E-state index contributed by atoms with van der Waals surface area (Å²) in [6.45, 7) is 3.69. The lowest BCUT2D eigenvalue weighted by Gasteiger charge is -2.55. The van der Waals surface area contributed by atoms with E-state index in [9.17, 15) is 14.4 Å². The highest BCUT2D eigenvalue weighted by molar-refractivity contribution is 5.94. The first kappa shape index (κ1) is 21.7. The lowest BCUT2D eigenvalue weighted by molar-refractivity contribution is -0.154. The summed E-state index contributed by atoms with van der Waals surface area (Å²) in [6.07, 6.45) is 6.60. The Morgan fingerprint density at radius 2 is 1.61 bits per heavy atom. The summed E-state index contributed by atoms with van der Waals surface area (Å²) in [5.41, 5.74) is 0.279. The van der Waals surface area contributed by atoms with Gasteiger partial charge in [-0.05, 0) is 94.4 Å². The standard InChI is InChI=1S/C24H32N2O5/c1-3-30-20-6-4-19(5-7-20)26-21(27)14-31-22(28)15(2)25-23(29)24-11-16-8-17(12-24)10-18(9-16)13-24/h4-7,15-18H,3,8-14H2,1-2H3,(H,25,29)(H,26,27)/t15-,16?,17?,18?,24?/m0/s1. The molecule has 7 heteroatoms. The maximum atomic E-state index is 13.1. The summed E-state index contributed by atoms with van der Waals surface area (Å²) in [6, 6.07) is 6.18. The van der Waals surface area contributed by atoms with E-state index in [1.54, 1.807) is 31.2 Å². The molecule has 0 heterocycles. The van der Waals surface area contributed by atoms with Gasteiger partial charge in [0.25, 0.3) is 5.91 Å². The van der Waals surface area contributed by atoms with Crippen molar-refractivity contribution in [2.45, 2.75) is 58.4 Å². The fraction of sp³-hybridized carbons (Fsp3) is 0.625. The van der Waals surface area contributed by atoms with Crippen LogP contribution in [0.1, 0.15) is 52.4 Å². The van der Waals surface area contributed by atoms with Crippen LogP contribution < -0.4 is 15.4 Å². The van der Waals surface area contributed by atoms with Crippen molar-refractivity contribution in [3.05, 3.63) is 24.3 Å². The summed E-state index contributed by atoms with van der Waals surface area (Å²) in [7, 11) is 0. The van der Waals surface area contributed by atoms with Crippen molar-refractivity contribution in [1.29, 1.82) is 0 Å². The van der Waals surface area contributed by atoms with Crippen molar-refractivity contribution in [2.75, 3.05) is 18.5 Å². The van der Waals surface area contributed by atoms with Crippen LogP contribution in [-0.4, -0.2) is 37.0 Å². The number of carbonyl (C=O) groups is 3. The van der Waals surface area contributed by atoms with Crippen molar-refractivity contribution in [3.63, 3.8) is 0 Å². The normalized spacial score (nSPS) is 29.2. The number of carbonyl (C=O) groups excluding carboxylic acids is 3. The van der Waals surface area contributed by atoms with E-state index in [1.165, 1.54) is 19.3 Å². The third kappa shape index (κ3) is 4.86. The van der Waals surface area contributed by atoms with E-state index >= 15 is 0 Å². The number of amides is 2. The van der Waals surface area contributed by atoms with E-state index in [-0.39, 0.29) is 11.3 Å². The minimum absolute atomic E-state index is 0.0186. The Morgan fingerprint density at radius 1 is 1.03 bits per heavy atom. The molecule has 0 spiro atoms. The number of hydrogen-bond acceptors (Lipinski definition) is 5. The SMILES string of the molecule is CCOc1ccc(NC(=O)COC(=O)[C@H](C)NC(=O)C23CC4CC(CC(C4)C2)C3)cc1. The predicted octanol–water partition coefficient (Wildman–Crippen LogP) is 3.29. The van der Waals surface area contributed by atoms with Crippen molar-refractivity contribution in [1.82, 2.24) is 5.32 Å². The zero-order valence-corrected chi connectivity index (χ0v) is 18.3. The molecule has 1 aromatic carbocycles. The minimum atomic E-state index is -0.779. The Morgan fingerprint density at radius 3 is 2.16 bits per heavy atom. The number of hydrogen-bond donors (Lipinski definition) is 2. The molecule has 1 atom stereocenters. The average Bonchev–Trinajstić information content (AvgIpc) is 2.72. The molecule has 2 N–H and O–H groups in total. The Balaban J connectivity index is 1.23. The van der Waals surface area contributed by atoms with Gasteiger partial charge in [0.2, 0.25) is 5.91 Å². The lowest BCUT2D eigenvalue weighted by atomic mass is 9.49. The highest BCUT2D eigenvalue weighted by Gasteiger charge is 2.54. The van der Waals surface area contributed by atoms with Crippen molar-refractivity contribution < 1.29 is 23.9 Å². The molecule has 168 valence electrons. The van der Waals surface area contributed by atoms with Crippen LogP contribution in [0.2, 0.25) is 0 Å². The molecule has 4 saturated carbocycles. The number of anilines is 1. The maximum Gasteiger partial charge on any atom is 0.328 e. The molecule has 0 unspecified atom stereocenters.